The van der Waals surface area contributed by atoms with Gasteiger partial charge in [-0.05, 0) is 35.1 Å². The van der Waals surface area contributed by atoms with Crippen molar-refractivity contribution in [2.24, 2.45) is 0 Å². The maximum absolute atomic E-state index is 13.5. The number of para-hydroxylation sites is 1. The monoisotopic (exact) mass is 443 g/mol. The van der Waals surface area contributed by atoms with Crippen LogP contribution in [0.25, 0.3) is 0 Å². The van der Waals surface area contributed by atoms with Gasteiger partial charge in [-0.3, -0.25) is 9.59 Å². The molecule has 0 radical (unpaired) electrons. The average Bonchev–Trinajstić information content (AvgIpc) is 3.05. The third-order valence-corrected chi connectivity index (χ3v) is 7.20. The van der Waals surface area contributed by atoms with Crippen molar-refractivity contribution in [3.8, 4) is 5.75 Å². The van der Waals surface area contributed by atoms with E-state index in [1.807, 2.05) is 24.3 Å². The largest absolute Gasteiger partial charge is 0.426 e. The van der Waals surface area contributed by atoms with Gasteiger partial charge >= 0.3 is 5.97 Å². The van der Waals surface area contributed by atoms with Crippen LogP contribution in [0.5, 0.6) is 5.75 Å². The lowest BCUT2D eigenvalue weighted by Crippen LogP contribution is -2.40. The summed E-state index contributed by atoms with van der Waals surface area (Å²) in [4.78, 5) is 26.6. The van der Waals surface area contributed by atoms with E-state index in [0.29, 0.717) is 6.42 Å². The Bertz CT molecular complexity index is 1070. The van der Waals surface area contributed by atoms with Gasteiger partial charge in [0.15, 0.2) is 9.84 Å². The van der Waals surface area contributed by atoms with Crippen LogP contribution in [-0.4, -0.2) is 42.7 Å². The maximum Gasteiger partial charge on any atom is 0.308 e. The van der Waals surface area contributed by atoms with Gasteiger partial charge in [0.2, 0.25) is 0 Å². The lowest BCUT2D eigenvalue weighted by atomic mass is 9.86. The van der Waals surface area contributed by atoms with Gasteiger partial charge in [-0.1, -0.05) is 57.2 Å². The zero-order chi connectivity index (χ0) is 22.8. The number of sulfone groups is 1. The molecule has 0 aliphatic carbocycles. The minimum absolute atomic E-state index is 0.0105. The summed E-state index contributed by atoms with van der Waals surface area (Å²) >= 11 is 0. The highest BCUT2D eigenvalue weighted by atomic mass is 32.2. The summed E-state index contributed by atoms with van der Waals surface area (Å²) < 4.78 is 29.5. The second-order valence-electron chi connectivity index (χ2n) is 9.03. The summed E-state index contributed by atoms with van der Waals surface area (Å²) in [7, 11) is -3.18. The van der Waals surface area contributed by atoms with E-state index < -0.39 is 21.8 Å². The van der Waals surface area contributed by atoms with E-state index in [4.69, 9.17) is 4.74 Å². The smallest absolute Gasteiger partial charge is 0.308 e. The van der Waals surface area contributed by atoms with Crippen LogP contribution in [0.15, 0.2) is 48.5 Å². The van der Waals surface area contributed by atoms with Gasteiger partial charge in [-0.15, -0.1) is 0 Å². The summed E-state index contributed by atoms with van der Waals surface area (Å²) in [6, 6.07) is 14.1. The average molecular weight is 444 g/mol. The molecule has 7 heteroatoms. The molecule has 1 aliphatic heterocycles. The van der Waals surface area contributed by atoms with Crippen LogP contribution in [0.2, 0.25) is 0 Å². The standard InChI is InChI=1S/C24H29NO5S/c1-17(26)30-22-8-6-5-7-21(22)23(27)25(20-13-14-31(28,29)16-20)15-18-9-11-19(12-10-18)24(2,3)4/h5-12,20H,13-16H2,1-4H3. The van der Waals surface area contributed by atoms with Crippen molar-refractivity contribution in [1.82, 2.24) is 4.90 Å². The first-order valence-corrected chi connectivity index (χ1v) is 12.2. The Balaban J connectivity index is 1.94. The molecular formula is C24H29NO5S. The molecule has 6 nitrogen and oxygen atoms in total. The second-order valence-corrected chi connectivity index (χ2v) is 11.3. The van der Waals surface area contributed by atoms with Crippen LogP contribution in [-0.2, 0) is 26.6 Å². The Labute approximate surface area is 184 Å². The predicted octanol–water partition coefficient (Wildman–Crippen LogP) is 3.74. The van der Waals surface area contributed by atoms with Crippen LogP contribution in [0.3, 0.4) is 0 Å². The van der Waals surface area contributed by atoms with Gasteiger partial charge < -0.3 is 9.64 Å². The number of hydrogen-bond acceptors (Lipinski definition) is 5. The molecular weight excluding hydrogens is 414 g/mol. The lowest BCUT2D eigenvalue weighted by Gasteiger charge is -2.29. The van der Waals surface area contributed by atoms with Crippen molar-refractivity contribution in [1.29, 1.82) is 0 Å². The highest BCUT2D eigenvalue weighted by molar-refractivity contribution is 7.91. The minimum Gasteiger partial charge on any atom is -0.426 e. The van der Waals surface area contributed by atoms with E-state index in [1.165, 1.54) is 12.5 Å². The topological polar surface area (TPSA) is 80.8 Å². The molecule has 1 atom stereocenters. The van der Waals surface area contributed by atoms with Gasteiger partial charge in [0.25, 0.3) is 5.91 Å². The number of nitrogens with zero attached hydrogens (tertiary/aromatic N) is 1. The highest BCUT2D eigenvalue weighted by Gasteiger charge is 2.36. The van der Waals surface area contributed by atoms with Crippen molar-refractivity contribution in [3.05, 3.63) is 65.2 Å². The number of benzene rings is 2. The van der Waals surface area contributed by atoms with Crippen molar-refractivity contribution in [3.63, 3.8) is 0 Å². The number of carbonyl (C=O) groups is 2. The van der Waals surface area contributed by atoms with E-state index >= 15 is 0 Å². The van der Waals surface area contributed by atoms with E-state index in [1.54, 1.807) is 29.2 Å². The molecule has 1 fully saturated rings. The van der Waals surface area contributed by atoms with Crippen molar-refractivity contribution < 1.29 is 22.7 Å². The molecule has 1 heterocycles. The van der Waals surface area contributed by atoms with Gasteiger partial charge in [0.1, 0.15) is 5.75 Å². The predicted molar refractivity (Wildman–Crippen MR) is 120 cm³/mol. The van der Waals surface area contributed by atoms with Gasteiger partial charge in [-0.25, -0.2) is 8.42 Å². The van der Waals surface area contributed by atoms with Crippen LogP contribution in [0.4, 0.5) is 0 Å². The molecule has 0 spiro atoms. The van der Waals surface area contributed by atoms with E-state index in [2.05, 4.69) is 20.8 Å². The number of hydrogen-bond donors (Lipinski definition) is 0. The fourth-order valence-electron chi connectivity index (χ4n) is 3.74. The van der Waals surface area contributed by atoms with E-state index in [-0.39, 0.29) is 40.7 Å². The zero-order valence-electron chi connectivity index (χ0n) is 18.4. The number of esters is 1. The summed E-state index contributed by atoms with van der Waals surface area (Å²) in [6.07, 6.45) is 0.393. The SMILES string of the molecule is CC(=O)Oc1ccccc1C(=O)N(Cc1ccc(C(C)(C)C)cc1)C1CCS(=O)(=O)C1. The zero-order valence-corrected chi connectivity index (χ0v) is 19.2. The molecule has 3 rings (SSSR count). The van der Waals surface area contributed by atoms with Crippen LogP contribution >= 0.6 is 0 Å². The number of rotatable bonds is 5. The third kappa shape index (κ3) is 5.73. The Morgan fingerprint density at radius 1 is 1.06 bits per heavy atom. The third-order valence-electron chi connectivity index (χ3n) is 5.45. The highest BCUT2D eigenvalue weighted by Crippen LogP contribution is 2.27. The number of amides is 1. The van der Waals surface area contributed by atoms with E-state index in [0.717, 1.165) is 5.56 Å². The van der Waals surface area contributed by atoms with Crippen LogP contribution < -0.4 is 4.74 Å². The normalized spacial score (nSPS) is 17.9. The summed E-state index contributed by atoms with van der Waals surface area (Å²) in [6.45, 7) is 7.95. The van der Waals surface area contributed by atoms with Crippen molar-refractivity contribution in [2.75, 3.05) is 11.5 Å². The lowest BCUT2D eigenvalue weighted by molar-refractivity contribution is -0.131. The molecule has 0 saturated carbocycles. The molecule has 2 aromatic rings. The number of ether oxygens (including phenoxy) is 1. The molecule has 1 amide bonds. The van der Waals surface area contributed by atoms with E-state index in [9.17, 15) is 18.0 Å². The van der Waals surface area contributed by atoms with Crippen LogP contribution in [0.1, 0.15) is 55.6 Å². The van der Waals surface area contributed by atoms with Crippen molar-refractivity contribution in [2.45, 2.75) is 52.1 Å². The molecule has 1 unspecified atom stereocenters. The first kappa shape index (κ1) is 23.0. The quantitative estimate of drug-likeness (QED) is 0.519. The van der Waals surface area contributed by atoms with Gasteiger partial charge in [-0.2, -0.15) is 0 Å². The molecule has 0 bridgehead atoms. The Kier molecular flexibility index (Phi) is 6.55. The molecule has 0 aromatic heterocycles. The summed E-state index contributed by atoms with van der Waals surface area (Å²) in [5.74, 6) is -0.689. The molecule has 31 heavy (non-hydrogen) atoms. The molecule has 166 valence electrons. The Morgan fingerprint density at radius 2 is 1.71 bits per heavy atom. The molecule has 0 N–H and O–H groups in total. The first-order chi connectivity index (χ1) is 14.5. The fourth-order valence-corrected chi connectivity index (χ4v) is 5.47. The molecule has 1 aliphatic rings. The Morgan fingerprint density at radius 3 is 2.26 bits per heavy atom. The van der Waals surface area contributed by atoms with Gasteiger partial charge in [0.05, 0.1) is 17.1 Å². The summed E-state index contributed by atoms with van der Waals surface area (Å²) in [5, 5.41) is 0. The van der Waals surface area contributed by atoms with Gasteiger partial charge in [0, 0.05) is 19.5 Å². The molecule has 2 aromatic carbocycles. The maximum atomic E-state index is 13.5. The number of carbonyl (C=O) groups excluding carboxylic acids is 2. The fraction of sp³-hybridized carbons (Fsp3) is 0.417. The molecule has 1 saturated heterocycles. The minimum atomic E-state index is -3.18. The van der Waals surface area contributed by atoms with Crippen molar-refractivity contribution >= 4 is 21.7 Å². The summed E-state index contributed by atoms with van der Waals surface area (Å²) in [5.41, 5.74) is 2.35. The van der Waals surface area contributed by atoms with Crippen LogP contribution in [0, 0.1) is 0 Å². The Hall–Kier alpha value is -2.67. The second kappa shape index (κ2) is 8.83. The first-order valence-electron chi connectivity index (χ1n) is 10.3.